The number of carbonyl (C=O) groups excluding carboxylic acids is 2. The summed E-state index contributed by atoms with van der Waals surface area (Å²) in [6.45, 7) is 4.16. The molecule has 0 radical (unpaired) electrons. The van der Waals surface area contributed by atoms with Crippen LogP contribution >= 0.6 is 11.6 Å². The molecule has 0 saturated heterocycles. The van der Waals surface area contributed by atoms with Gasteiger partial charge in [-0.15, -0.1) is 0 Å². The average molecular weight is 362 g/mol. The summed E-state index contributed by atoms with van der Waals surface area (Å²) in [5.74, 6) is 0.543. The maximum absolute atomic E-state index is 12.3. The van der Waals surface area contributed by atoms with Gasteiger partial charge in [-0.25, -0.2) is 0 Å². The van der Waals surface area contributed by atoms with Crippen molar-refractivity contribution in [1.29, 1.82) is 0 Å². The molecule has 2 aromatic carbocycles. The quantitative estimate of drug-likeness (QED) is 0.710. The van der Waals surface area contributed by atoms with Crippen molar-refractivity contribution in [2.75, 3.05) is 11.9 Å². The number of ether oxygens (including phenoxy) is 2. The fraction of sp³-hybridized carbons (Fsp3) is 0.263. The van der Waals surface area contributed by atoms with Crippen molar-refractivity contribution in [3.05, 3.63) is 53.1 Å². The van der Waals surface area contributed by atoms with Gasteiger partial charge in [-0.3, -0.25) is 9.59 Å². The van der Waals surface area contributed by atoms with Gasteiger partial charge in [0.05, 0.1) is 12.2 Å². The molecule has 0 aliphatic rings. The number of hydrogen-bond acceptors (Lipinski definition) is 4. The fourth-order valence-corrected chi connectivity index (χ4v) is 2.27. The highest BCUT2D eigenvalue weighted by Gasteiger charge is 2.17. The van der Waals surface area contributed by atoms with Gasteiger partial charge in [0, 0.05) is 16.8 Å². The molecule has 6 heteroatoms. The molecule has 1 atom stereocenters. The monoisotopic (exact) mass is 361 g/mol. The highest BCUT2D eigenvalue weighted by atomic mass is 35.5. The minimum Gasteiger partial charge on any atom is -0.493 e. The van der Waals surface area contributed by atoms with E-state index < -0.39 is 6.10 Å². The minimum absolute atomic E-state index is 0.303. The van der Waals surface area contributed by atoms with E-state index in [0.717, 1.165) is 6.42 Å². The number of halogens is 1. The predicted octanol–water partition coefficient (Wildman–Crippen LogP) is 4.35. The van der Waals surface area contributed by atoms with E-state index in [0.29, 0.717) is 40.7 Å². The number of hydrogen-bond donors (Lipinski definition) is 1. The van der Waals surface area contributed by atoms with E-state index in [9.17, 15) is 9.59 Å². The van der Waals surface area contributed by atoms with Gasteiger partial charge >= 0.3 is 0 Å². The number of amides is 1. The van der Waals surface area contributed by atoms with Crippen molar-refractivity contribution in [3.8, 4) is 11.5 Å². The second-order valence-corrected chi connectivity index (χ2v) is 5.86. The summed E-state index contributed by atoms with van der Waals surface area (Å²) in [6.07, 6.45) is 0.740. The Morgan fingerprint density at radius 3 is 2.76 bits per heavy atom. The Labute approximate surface area is 151 Å². The lowest BCUT2D eigenvalue weighted by Gasteiger charge is -2.17. The van der Waals surface area contributed by atoms with E-state index in [1.54, 1.807) is 49.4 Å². The van der Waals surface area contributed by atoms with E-state index >= 15 is 0 Å². The molecule has 1 N–H and O–H groups in total. The molecule has 0 bridgehead atoms. The van der Waals surface area contributed by atoms with E-state index in [-0.39, 0.29) is 5.91 Å². The first kappa shape index (κ1) is 18.8. The second-order valence-electron chi connectivity index (χ2n) is 5.43. The molecule has 2 rings (SSSR count). The molecule has 5 nitrogen and oxygen atoms in total. The van der Waals surface area contributed by atoms with Gasteiger partial charge in [-0.2, -0.15) is 0 Å². The number of rotatable bonds is 8. The molecular formula is C19H20ClNO4. The zero-order valence-electron chi connectivity index (χ0n) is 14.1. The Morgan fingerprint density at radius 1 is 1.28 bits per heavy atom. The Balaban J connectivity index is 2.08. The average Bonchev–Trinajstić information content (AvgIpc) is 2.60. The molecule has 0 saturated carbocycles. The number of anilines is 1. The summed E-state index contributed by atoms with van der Waals surface area (Å²) in [5.41, 5.74) is 0.926. The molecule has 0 aliphatic heterocycles. The van der Waals surface area contributed by atoms with Gasteiger partial charge in [0.2, 0.25) is 0 Å². The van der Waals surface area contributed by atoms with Crippen LogP contribution in [0, 0.1) is 0 Å². The molecule has 25 heavy (non-hydrogen) atoms. The molecule has 2 aromatic rings. The maximum atomic E-state index is 12.3. The molecule has 0 unspecified atom stereocenters. The topological polar surface area (TPSA) is 64.6 Å². The van der Waals surface area contributed by atoms with Gasteiger partial charge in [0.25, 0.3) is 5.91 Å². The van der Waals surface area contributed by atoms with Crippen molar-refractivity contribution < 1.29 is 19.1 Å². The molecule has 132 valence electrons. The van der Waals surface area contributed by atoms with Crippen LogP contribution in [-0.4, -0.2) is 24.9 Å². The standard InChI is InChI=1S/C19H20ClNO4/c1-3-9-24-17-8-7-14(12-22)18(11-17)25-13(2)19(23)21-16-6-4-5-15(20)10-16/h4-8,10-13H,3,9H2,1-2H3,(H,21,23)/t13-/m1/s1. The summed E-state index contributed by atoms with van der Waals surface area (Å²) < 4.78 is 11.2. The smallest absolute Gasteiger partial charge is 0.265 e. The summed E-state index contributed by atoms with van der Waals surface area (Å²) >= 11 is 5.90. The van der Waals surface area contributed by atoms with Crippen LogP contribution in [0.5, 0.6) is 11.5 Å². The number of benzene rings is 2. The molecule has 0 aliphatic carbocycles. The predicted molar refractivity (Wildman–Crippen MR) is 97.8 cm³/mol. The Bertz CT molecular complexity index is 748. The third kappa shape index (κ3) is 5.50. The van der Waals surface area contributed by atoms with Crippen molar-refractivity contribution in [3.63, 3.8) is 0 Å². The van der Waals surface area contributed by atoms with Crippen LogP contribution in [0.2, 0.25) is 5.02 Å². The largest absolute Gasteiger partial charge is 0.493 e. The van der Waals surface area contributed by atoms with Crippen LogP contribution in [0.1, 0.15) is 30.6 Å². The van der Waals surface area contributed by atoms with Crippen LogP contribution in [0.25, 0.3) is 0 Å². The van der Waals surface area contributed by atoms with Crippen molar-refractivity contribution in [2.24, 2.45) is 0 Å². The van der Waals surface area contributed by atoms with E-state index in [4.69, 9.17) is 21.1 Å². The van der Waals surface area contributed by atoms with Crippen LogP contribution < -0.4 is 14.8 Å². The Morgan fingerprint density at radius 2 is 2.08 bits per heavy atom. The molecule has 0 fully saturated rings. The third-order valence-corrected chi connectivity index (χ3v) is 3.59. The normalized spacial score (nSPS) is 11.5. The summed E-state index contributed by atoms with van der Waals surface area (Å²) in [4.78, 5) is 23.5. The lowest BCUT2D eigenvalue weighted by atomic mass is 10.2. The first-order valence-corrected chi connectivity index (χ1v) is 8.36. The third-order valence-electron chi connectivity index (χ3n) is 3.35. The van der Waals surface area contributed by atoms with E-state index in [1.165, 1.54) is 0 Å². The maximum Gasteiger partial charge on any atom is 0.265 e. The van der Waals surface area contributed by atoms with Crippen molar-refractivity contribution in [1.82, 2.24) is 0 Å². The minimum atomic E-state index is -0.806. The lowest BCUT2D eigenvalue weighted by Crippen LogP contribution is -2.30. The SMILES string of the molecule is CCCOc1ccc(C=O)c(O[C@H](C)C(=O)Nc2cccc(Cl)c2)c1. The van der Waals surface area contributed by atoms with Gasteiger partial charge in [0.15, 0.2) is 12.4 Å². The molecule has 0 spiro atoms. The lowest BCUT2D eigenvalue weighted by molar-refractivity contribution is -0.122. The van der Waals surface area contributed by atoms with Gasteiger partial charge in [-0.05, 0) is 43.7 Å². The van der Waals surface area contributed by atoms with Gasteiger partial charge in [0.1, 0.15) is 11.5 Å². The van der Waals surface area contributed by atoms with Crippen LogP contribution in [0.15, 0.2) is 42.5 Å². The van der Waals surface area contributed by atoms with Gasteiger partial charge < -0.3 is 14.8 Å². The molecule has 1 amide bonds. The summed E-state index contributed by atoms with van der Waals surface area (Å²) in [6, 6.07) is 11.7. The van der Waals surface area contributed by atoms with Crippen molar-refractivity contribution >= 4 is 29.5 Å². The first-order chi connectivity index (χ1) is 12.0. The zero-order chi connectivity index (χ0) is 18.2. The van der Waals surface area contributed by atoms with Crippen LogP contribution in [0.3, 0.4) is 0 Å². The fourth-order valence-electron chi connectivity index (χ4n) is 2.08. The van der Waals surface area contributed by atoms with Crippen LogP contribution in [-0.2, 0) is 4.79 Å². The van der Waals surface area contributed by atoms with Gasteiger partial charge in [-0.1, -0.05) is 24.6 Å². The summed E-state index contributed by atoms with van der Waals surface area (Å²) in [5, 5.41) is 3.24. The highest BCUT2D eigenvalue weighted by Crippen LogP contribution is 2.25. The molecule has 0 aromatic heterocycles. The van der Waals surface area contributed by atoms with E-state index in [2.05, 4.69) is 5.32 Å². The summed E-state index contributed by atoms with van der Waals surface area (Å²) in [7, 11) is 0. The number of carbonyl (C=O) groups is 2. The number of aldehydes is 1. The first-order valence-electron chi connectivity index (χ1n) is 7.98. The van der Waals surface area contributed by atoms with Crippen molar-refractivity contribution in [2.45, 2.75) is 26.4 Å². The highest BCUT2D eigenvalue weighted by molar-refractivity contribution is 6.30. The van der Waals surface area contributed by atoms with E-state index in [1.807, 2.05) is 6.92 Å². The van der Waals surface area contributed by atoms with Crippen LogP contribution in [0.4, 0.5) is 5.69 Å². The Kier molecular flexibility index (Phi) is 6.83. The molecular weight excluding hydrogens is 342 g/mol. The number of nitrogens with one attached hydrogen (secondary N) is 1. The zero-order valence-corrected chi connectivity index (χ0v) is 14.9. The second kappa shape index (κ2) is 9.08. The Hall–Kier alpha value is -2.53. The molecule has 0 heterocycles.